The van der Waals surface area contributed by atoms with Gasteiger partial charge >= 0.3 is 6.09 Å². The van der Waals surface area contributed by atoms with Crippen molar-refractivity contribution in [3.05, 3.63) is 0 Å². The van der Waals surface area contributed by atoms with Crippen LogP contribution in [-0.2, 0) is 9.47 Å². The lowest BCUT2D eigenvalue weighted by Gasteiger charge is -2.27. The lowest BCUT2D eigenvalue weighted by molar-refractivity contribution is 0.0476. The van der Waals surface area contributed by atoms with Crippen molar-refractivity contribution in [2.75, 3.05) is 26.8 Å². The van der Waals surface area contributed by atoms with E-state index >= 15 is 0 Å². The number of guanidine groups is 1. The molecule has 20 heavy (non-hydrogen) atoms. The summed E-state index contributed by atoms with van der Waals surface area (Å²) < 4.78 is 10.1. The van der Waals surface area contributed by atoms with Gasteiger partial charge in [-0.05, 0) is 34.6 Å². The smallest absolute Gasteiger partial charge is 0.408 e. The summed E-state index contributed by atoms with van der Waals surface area (Å²) in [5.74, 6) is 0.320. The lowest BCUT2D eigenvalue weighted by atomic mass is 10.1. The molecule has 7 nitrogen and oxygen atoms in total. The molecule has 0 bridgehead atoms. The highest BCUT2D eigenvalue weighted by atomic mass is 16.6. The van der Waals surface area contributed by atoms with Gasteiger partial charge in [0.25, 0.3) is 0 Å². The van der Waals surface area contributed by atoms with Crippen LogP contribution in [0.3, 0.4) is 0 Å². The normalized spacial score (nSPS) is 13.0. The number of aliphatic imine (C=N–C) groups is 1. The molecule has 4 N–H and O–H groups in total. The minimum absolute atomic E-state index is 0.320. The lowest BCUT2D eigenvalue weighted by Crippen LogP contribution is -2.48. The molecule has 0 aliphatic carbocycles. The number of nitrogens with two attached hydrogens (primary N) is 1. The number of amides is 1. The van der Waals surface area contributed by atoms with Gasteiger partial charge in [-0.15, -0.1) is 0 Å². The van der Waals surface area contributed by atoms with Crippen molar-refractivity contribution < 1.29 is 14.3 Å². The zero-order valence-electron chi connectivity index (χ0n) is 13.4. The first-order chi connectivity index (χ1) is 9.06. The first-order valence-electron chi connectivity index (χ1n) is 6.59. The van der Waals surface area contributed by atoms with Crippen molar-refractivity contribution in [1.29, 1.82) is 0 Å². The summed E-state index contributed by atoms with van der Waals surface area (Å²) in [5.41, 5.74) is 4.62. The fourth-order valence-corrected chi connectivity index (χ4v) is 1.24. The average Bonchev–Trinajstić information content (AvgIpc) is 2.23. The Morgan fingerprint density at radius 1 is 1.25 bits per heavy atom. The Morgan fingerprint density at radius 2 is 1.85 bits per heavy atom. The summed E-state index contributed by atoms with van der Waals surface area (Å²) in [6.45, 7) is 10.6. The Labute approximate surface area is 121 Å². The van der Waals surface area contributed by atoms with E-state index in [4.69, 9.17) is 15.2 Å². The second kappa shape index (κ2) is 7.94. The zero-order valence-corrected chi connectivity index (χ0v) is 13.4. The zero-order chi connectivity index (χ0) is 15.8. The van der Waals surface area contributed by atoms with E-state index in [9.17, 15) is 4.79 Å². The maximum atomic E-state index is 11.7. The first-order valence-corrected chi connectivity index (χ1v) is 6.59. The first kappa shape index (κ1) is 18.5. The monoisotopic (exact) mass is 288 g/mol. The molecule has 118 valence electrons. The summed E-state index contributed by atoms with van der Waals surface area (Å²) in [6, 6.07) is 0. The van der Waals surface area contributed by atoms with Crippen LogP contribution in [0.5, 0.6) is 0 Å². The van der Waals surface area contributed by atoms with Crippen molar-refractivity contribution in [2.24, 2.45) is 10.7 Å². The molecule has 7 heteroatoms. The van der Waals surface area contributed by atoms with Crippen LogP contribution in [0.2, 0.25) is 0 Å². The quantitative estimate of drug-likeness (QED) is 0.382. The van der Waals surface area contributed by atoms with Gasteiger partial charge in [0.05, 0.1) is 18.7 Å². The molecule has 0 aromatic carbocycles. The van der Waals surface area contributed by atoms with E-state index < -0.39 is 17.2 Å². The molecule has 0 rings (SSSR count). The number of nitrogens with one attached hydrogen (secondary N) is 2. The highest BCUT2D eigenvalue weighted by Crippen LogP contribution is 2.09. The number of hydrogen-bond donors (Lipinski definition) is 3. The van der Waals surface area contributed by atoms with Crippen molar-refractivity contribution in [3.63, 3.8) is 0 Å². The molecule has 0 aliphatic heterocycles. The number of hydrogen-bond acceptors (Lipinski definition) is 4. The Kier molecular flexibility index (Phi) is 7.34. The van der Waals surface area contributed by atoms with Gasteiger partial charge in [0.15, 0.2) is 5.96 Å². The van der Waals surface area contributed by atoms with Crippen LogP contribution in [-0.4, -0.2) is 50.0 Å². The number of rotatable bonds is 6. The molecule has 0 aliphatic rings. The van der Waals surface area contributed by atoms with Crippen LogP contribution in [0.15, 0.2) is 4.99 Å². The van der Waals surface area contributed by atoms with E-state index in [0.29, 0.717) is 25.7 Å². The van der Waals surface area contributed by atoms with Crippen LogP contribution < -0.4 is 16.4 Å². The molecule has 0 spiro atoms. The Hall–Kier alpha value is -1.50. The predicted octanol–water partition coefficient (Wildman–Crippen LogP) is 0.840. The number of nitrogens with zero attached hydrogens (tertiary/aromatic N) is 1. The van der Waals surface area contributed by atoms with Crippen LogP contribution in [0.1, 0.15) is 34.6 Å². The summed E-state index contributed by atoms with van der Waals surface area (Å²) in [5, 5.41) is 5.67. The van der Waals surface area contributed by atoms with Gasteiger partial charge in [0, 0.05) is 13.7 Å². The van der Waals surface area contributed by atoms with Gasteiger partial charge in [0.1, 0.15) is 5.60 Å². The van der Waals surface area contributed by atoms with E-state index in [1.54, 1.807) is 7.11 Å². The third kappa shape index (κ3) is 10.4. The summed E-state index contributed by atoms with van der Waals surface area (Å²) in [4.78, 5) is 15.9. The van der Waals surface area contributed by atoms with Crippen molar-refractivity contribution in [3.8, 4) is 0 Å². The SMILES string of the molecule is COCCNC(N)=NCC(C)(C)NC(=O)OC(C)(C)C. The third-order valence-electron chi connectivity index (χ3n) is 2.10. The van der Waals surface area contributed by atoms with Gasteiger partial charge in [-0.2, -0.15) is 0 Å². The fraction of sp³-hybridized carbons (Fsp3) is 0.846. The van der Waals surface area contributed by atoms with Gasteiger partial charge in [0.2, 0.25) is 0 Å². The number of methoxy groups -OCH3 is 1. The van der Waals surface area contributed by atoms with Crippen molar-refractivity contribution >= 4 is 12.1 Å². The molecule has 0 fully saturated rings. The van der Waals surface area contributed by atoms with Crippen LogP contribution >= 0.6 is 0 Å². The Bertz CT molecular complexity index is 335. The number of carbonyl (C=O) groups is 1. The maximum absolute atomic E-state index is 11.7. The molecule has 0 aromatic rings. The van der Waals surface area contributed by atoms with Crippen LogP contribution in [0.25, 0.3) is 0 Å². The highest BCUT2D eigenvalue weighted by molar-refractivity contribution is 5.77. The van der Waals surface area contributed by atoms with E-state index in [0.717, 1.165) is 0 Å². The molecule has 0 aromatic heterocycles. The molecule has 0 heterocycles. The molecule has 0 atom stereocenters. The van der Waals surface area contributed by atoms with Crippen LogP contribution in [0, 0.1) is 0 Å². The van der Waals surface area contributed by atoms with Crippen molar-refractivity contribution in [2.45, 2.75) is 45.8 Å². The van der Waals surface area contributed by atoms with Crippen LogP contribution in [0.4, 0.5) is 4.79 Å². The molecular weight excluding hydrogens is 260 g/mol. The maximum Gasteiger partial charge on any atom is 0.408 e. The molecule has 0 radical (unpaired) electrons. The minimum Gasteiger partial charge on any atom is -0.444 e. The molecule has 0 unspecified atom stereocenters. The summed E-state index contributed by atoms with van der Waals surface area (Å²) in [7, 11) is 1.61. The summed E-state index contributed by atoms with van der Waals surface area (Å²) >= 11 is 0. The standard InChI is InChI=1S/C13H28N4O3/c1-12(2,3)20-11(18)17-13(4,5)9-16-10(14)15-7-8-19-6/h7-9H2,1-6H3,(H,17,18)(H3,14,15,16). The van der Waals surface area contributed by atoms with E-state index in [1.165, 1.54) is 0 Å². The minimum atomic E-state index is -0.546. The third-order valence-corrected chi connectivity index (χ3v) is 2.10. The number of alkyl carbamates (subject to hydrolysis) is 1. The second-order valence-electron chi connectivity index (χ2n) is 6.13. The number of ether oxygens (including phenoxy) is 2. The molecular formula is C13H28N4O3. The number of carbonyl (C=O) groups excluding carboxylic acids is 1. The molecule has 0 saturated heterocycles. The molecule has 0 saturated carbocycles. The van der Waals surface area contributed by atoms with E-state index in [-0.39, 0.29) is 0 Å². The van der Waals surface area contributed by atoms with Crippen molar-refractivity contribution in [1.82, 2.24) is 10.6 Å². The largest absolute Gasteiger partial charge is 0.444 e. The van der Waals surface area contributed by atoms with E-state index in [2.05, 4.69) is 15.6 Å². The fourth-order valence-electron chi connectivity index (χ4n) is 1.24. The Morgan fingerprint density at radius 3 is 2.35 bits per heavy atom. The highest BCUT2D eigenvalue weighted by Gasteiger charge is 2.24. The second-order valence-corrected chi connectivity index (χ2v) is 6.13. The average molecular weight is 288 g/mol. The topological polar surface area (TPSA) is 98.0 Å². The predicted molar refractivity (Wildman–Crippen MR) is 79.8 cm³/mol. The van der Waals surface area contributed by atoms with Gasteiger partial charge in [-0.25, -0.2) is 4.79 Å². The Balaban J connectivity index is 4.23. The van der Waals surface area contributed by atoms with Gasteiger partial charge in [-0.1, -0.05) is 0 Å². The van der Waals surface area contributed by atoms with Gasteiger partial charge in [-0.3, -0.25) is 4.99 Å². The van der Waals surface area contributed by atoms with E-state index in [1.807, 2.05) is 34.6 Å². The summed E-state index contributed by atoms with van der Waals surface area (Å²) in [6.07, 6.45) is -0.469. The molecule has 1 amide bonds. The van der Waals surface area contributed by atoms with Gasteiger partial charge < -0.3 is 25.8 Å².